The molecule has 0 radical (unpaired) electrons. The topological polar surface area (TPSA) is 75.4 Å². The molecule has 0 aromatic carbocycles. The monoisotopic (exact) mass is 265 g/mol. The van der Waals surface area contributed by atoms with E-state index in [4.69, 9.17) is 5.11 Å². The third-order valence-electron chi connectivity index (χ3n) is 3.29. The standard InChI is InChI=1S/C13H19N3O3/c1-9(2)7-16-6-4-14-11(12(16)17)15-5-3-10(8-15)13(18)19/h4,6,9-10H,3,5,7-8H2,1-2H3,(H,18,19). The van der Waals surface area contributed by atoms with Gasteiger partial charge in [0.1, 0.15) is 0 Å². The molecule has 1 atom stereocenters. The van der Waals surface area contributed by atoms with E-state index in [1.165, 1.54) is 0 Å². The summed E-state index contributed by atoms with van der Waals surface area (Å²) in [5.41, 5.74) is -0.137. The summed E-state index contributed by atoms with van der Waals surface area (Å²) in [5, 5.41) is 8.99. The first-order chi connectivity index (χ1) is 8.99. The average molecular weight is 265 g/mol. The number of hydrogen-bond donors (Lipinski definition) is 1. The molecule has 0 aliphatic carbocycles. The molecule has 0 saturated carbocycles. The molecule has 1 fully saturated rings. The summed E-state index contributed by atoms with van der Waals surface area (Å²) in [6, 6.07) is 0. The molecule has 1 N–H and O–H groups in total. The molecule has 0 spiro atoms. The third-order valence-corrected chi connectivity index (χ3v) is 3.29. The lowest BCUT2D eigenvalue weighted by molar-refractivity contribution is -0.140. The highest BCUT2D eigenvalue weighted by Crippen LogP contribution is 2.19. The van der Waals surface area contributed by atoms with Gasteiger partial charge in [0.15, 0.2) is 5.82 Å². The summed E-state index contributed by atoms with van der Waals surface area (Å²) in [4.78, 5) is 29.1. The average Bonchev–Trinajstić information content (AvgIpc) is 2.80. The highest BCUT2D eigenvalue weighted by atomic mass is 16.4. The number of carboxylic acids is 1. The second kappa shape index (κ2) is 5.42. The van der Waals surface area contributed by atoms with E-state index in [0.717, 1.165) is 0 Å². The van der Waals surface area contributed by atoms with Crippen molar-refractivity contribution >= 4 is 11.8 Å². The van der Waals surface area contributed by atoms with Gasteiger partial charge in [-0.3, -0.25) is 9.59 Å². The smallest absolute Gasteiger partial charge is 0.308 e. The number of hydrogen-bond acceptors (Lipinski definition) is 4. The molecule has 6 heteroatoms. The first-order valence-electron chi connectivity index (χ1n) is 6.52. The fourth-order valence-electron chi connectivity index (χ4n) is 2.34. The Labute approximate surface area is 111 Å². The van der Waals surface area contributed by atoms with Gasteiger partial charge in [-0.15, -0.1) is 0 Å². The van der Waals surface area contributed by atoms with Crippen LogP contribution in [0, 0.1) is 11.8 Å². The number of nitrogens with zero attached hydrogens (tertiary/aromatic N) is 3. The molecule has 1 aromatic heterocycles. The van der Waals surface area contributed by atoms with Gasteiger partial charge in [0.05, 0.1) is 5.92 Å². The van der Waals surface area contributed by atoms with Gasteiger partial charge in [0, 0.05) is 32.0 Å². The van der Waals surface area contributed by atoms with Crippen LogP contribution in [0.5, 0.6) is 0 Å². The van der Waals surface area contributed by atoms with Crippen molar-refractivity contribution in [2.45, 2.75) is 26.8 Å². The third kappa shape index (κ3) is 2.94. The SMILES string of the molecule is CC(C)Cn1ccnc(N2CCC(C(=O)O)C2)c1=O. The maximum atomic E-state index is 12.3. The van der Waals surface area contributed by atoms with Gasteiger partial charge in [-0.05, 0) is 12.3 Å². The van der Waals surface area contributed by atoms with Crippen molar-refractivity contribution < 1.29 is 9.90 Å². The van der Waals surface area contributed by atoms with Gasteiger partial charge in [-0.2, -0.15) is 0 Å². The Balaban J connectivity index is 2.22. The Morgan fingerprint density at radius 2 is 2.32 bits per heavy atom. The van der Waals surface area contributed by atoms with Gasteiger partial charge in [-0.1, -0.05) is 13.8 Å². The zero-order valence-corrected chi connectivity index (χ0v) is 11.2. The van der Waals surface area contributed by atoms with Crippen LogP contribution in [-0.4, -0.2) is 33.7 Å². The van der Waals surface area contributed by atoms with E-state index in [1.54, 1.807) is 21.9 Å². The molecule has 104 valence electrons. The number of carboxylic acid groups (broad SMARTS) is 1. The quantitative estimate of drug-likeness (QED) is 0.872. The van der Waals surface area contributed by atoms with E-state index >= 15 is 0 Å². The normalized spacial score (nSPS) is 19.1. The Hall–Kier alpha value is -1.85. The van der Waals surface area contributed by atoms with Crippen molar-refractivity contribution in [1.82, 2.24) is 9.55 Å². The number of aliphatic carboxylic acids is 1. The molecule has 2 rings (SSSR count). The van der Waals surface area contributed by atoms with Gasteiger partial charge in [-0.25, -0.2) is 4.98 Å². The van der Waals surface area contributed by atoms with Crippen molar-refractivity contribution in [3.63, 3.8) is 0 Å². The lowest BCUT2D eigenvalue weighted by Crippen LogP contribution is -2.33. The summed E-state index contributed by atoms with van der Waals surface area (Å²) in [6.45, 7) is 5.67. The lowest BCUT2D eigenvalue weighted by Gasteiger charge is -2.17. The molecule has 1 aliphatic rings. The molecule has 1 aromatic rings. The molecule has 6 nitrogen and oxygen atoms in total. The van der Waals surface area contributed by atoms with Crippen molar-refractivity contribution in [2.24, 2.45) is 11.8 Å². The van der Waals surface area contributed by atoms with Crippen LogP contribution in [0.4, 0.5) is 5.82 Å². The van der Waals surface area contributed by atoms with Crippen molar-refractivity contribution in [1.29, 1.82) is 0 Å². The highest BCUT2D eigenvalue weighted by molar-refractivity contribution is 5.71. The Morgan fingerprint density at radius 1 is 1.58 bits per heavy atom. The first-order valence-corrected chi connectivity index (χ1v) is 6.52. The fourth-order valence-corrected chi connectivity index (χ4v) is 2.34. The minimum absolute atomic E-state index is 0.137. The van der Waals surface area contributed by atoms with Crippen molar-refractivity contribution in [3.8, 4) is 0 Å². The molecule has 1 aliphatic heterocycles. The van der Waals surface area contributed by atoms with Crippen LogP contribution in [0.1, 0.15) is 20.3 Å². The Morgan fingerprint density at radius 3 is 2.89 bits per heavy atom. The van der Waals surface area contributed by atoms with Gasteiger partial charge in [0.2, 0.25) is 0 Å². The summed E-state index contributed by atoms with van der Waals surface area (Å²) < 4.78 is 1.64. The van der Waals surface area contributed by atoms with E-state index in [1.807, 2.05) is 13.8 Å². The summed E-state index contributed by atoms with van der Waals surface area (Å²) in [5.74, 6) is -0.467. The minimum Gasteiger partial charge on any atom is -0.481 e. The van der Waals surface area contributed by atoms with Gasteiger partial charge >= 0.3 is 5.97 Å². The number of carbonyl (C=O) groups is 1. The molecule has 0 amide bonds. The predicted molar refractivity (Wildman–Crippen MR) is 71.3 cm³/mol. The zero-order valence-electron chi connectivity index (χ0n) is 11.2. The van der Waals surface area contributed by atoms with Crippen LogP contribution in [0.3, 0.4) is 0 Å². The van der Waals surface area contributed by atoms with E-state index in [2.05, 4.69) is 4.98 Å². The fraction of sp³-hybridized carbons (Fsp3) is 0.615. The predicted octanol–water partition coefficient (Wildman–Crippen LogP) is 0.810. The van der Waals surface area contributed by atoms with Crippen LogP contribution in [0.15, 0.2) is 17.2 Å². The number of anilines is 1. The number of rotatable bonds is 4. The molecule has 0 bridgehead atoms. The first kappa shape index (κ1) is 13.6. The van der Waals surface area contributed by atoms with Gasteiger partial charge < -0.3 is 14.6 Å². The van der Waals surface area contributed by atoms with E-state index < -0.39 is 11.9 Å². The maximum Gasteiger partial charge on any atom is 0.308 e. The van der Waals surface area contributed by atoms with Crippen molar-refractivity contribution in [2.75, 3.05) is 18.0 Å². The molecule has 1 unspecified atom stereocenters. The van der Waals surface area contributed by atoms with Crippen LogP contribution in [0.25, 0.3) is 0 Å². The molecule has 1 saturated heterocycles. The van der Waals surface area contributed by atoms with E-state index in [0.29, 0.717) is 37.8 Å². The number of aromatic nitrogens is 2. The summed E-state index contributed by atoms with van der Waals surface area (Å²) >= 11 is 0. The van der Waals surface area contributed by atoms with Crippen LogP contribution < -0.4 is 10.5 Å². The van der Waals surface area contributed by atoms with E-state index in [9.17, 15) is 9.59 Å². The Kier molecular flexibility index (Phi) is 3.87. The minimum atomic E-state index is -0.805. The van der Waals surface area contributed by atoms with Crippen LogP contribution >= 0.6 is 0 Å². The summed E-state index contributed by atoms with van der Waals surface area (Å²) in [7, 11) is 0. The second-order valence-electron chi connectivity index (χ2n) is 5.37. The van der Waals surface area contributed by atoms with Crippen LogP contribution in [0.2, 0.25) is 0 Å². The molecular weight excluding hydrogens is 246 g/mol. The lowest BCUT2D eigenvalue weighted by atomic mass is 10.1. The Bertz CT molecular complexity index is 524. The molecule has 2 heterocycles. The highest BCUT2D eigenvalue weighted by Gasteiger charge is 2.30. The van der Waals surface area contributed by atoms with Crippen LogP contribution in [-0.2, 0) is 11.3 Å². The van der Waals surface area contributed by atoms with Gasteiger partial charge in [0.25, 0.3) is 5.56 Å². The summed E-state index contributed by atoms with van der Waals surface area (Å²) in [6.07, 6.45) is 3.85. The molecule has 19 heavy (non-hydrogen) atoms. The van der Waals surface area contributed by atoms with Crippen molar-refractivity contribution in [3.05, 3.63) is 22.7 Å². The second-order valence-corrected chi connectivity index (χ2v) is 5.37. The maximum absolute atomic E-state index is 12.3. The van der Waals surface area contributed by atoms with E-state index in [-0.39, 0.29) is 5.56 Å². The molecular formula is C13H19N3O3. The zero-order chi connectivity index (χ0) is 14.0. The largest absolute Gasteiger partial charge is 0.481 e.